The molecule has 2 aromatic carbocycles. The van der Waals surface area contributed by atoms with Gasteiger partial charge in [0.05, 0.1) is 0 Å². The fourth-order valence-corrected chi connectivity index (χ4v) is 2.79. The first-order valence-corrected chi connectivity index (χ1v) is 8.65. The molecular formula is C20H20ClF6NO2. The summed E-state index contributed by atoms with van der Waals surface area (Å²) in [6, 6.07) is 12.2. The minimum absolute atomic E-state index is 0. The number of ether oxygens (including phenoxy) is 1. The summed E-state index contributed by atoms with van der Waals surface area (Å²) in [5, 5.41) is 2.17. The normalized spacial score (nSPS) is 14.0. The minimum Gasteiger partial charge on any atom is -0.460 e. The predicted octanol–water partition coefficient (Wildman–Crippen LogP) is 5.61. The van der Waals surface area contributed by atoms with Crippen LogP contribution in [0.3, 0.4) is 0 Å². The average Bonchev–Trinajstić information content (AvgIpc) is 2.65. The van der Waals surface area contributed by atoms with Gasteiger partial charge in [-0.15, -0.1) is 12.4 Å². The highest BCUT2D eigenvalue weighted by Gasteiger charge is 2.62. The van der Waals surface area contributed by atoms with Crippen molar-refractivity contribution in [3.05, 3.63) is 71.8 Å². The Labute approximate surface area is 175 Å². The fourth-order valence-electron chi connectivity index (χ4n) is 2.79. The lowest BCUT2D eigenvalue weighted by Gasteiger charge is -2.32. The first-order valence-electron chi connectivity index (χ1n) is 8.65. The standard InChI is InChI=1S/C20H19F6NO2.ClH/c1-13(15-10-6-3-7-11-15)27-16(17(19(21,22)23)20(24,25)26)18(28)29-12-14-8-4-2-5-9-14;/h2-11,13,16-17,27H,12H2,1H3;1H/t13-,16-;/m0./s1. The van der Waals surface area contributed by atoms with Crippen LogP contribution in [-0.2, 0) is 16.1 Å². The van der Waals surface area contributed by atoms with E-state index in [1.54, 1.807) is 36.4 Å². The summed E-state index contributed by atoms with van der Waals surface area (Å²) < 4.78 is 84.4. The molecule has 166 valence electrons. The molecule has 3 nitrogen and oxygen atoms in total. The highest BCUT2D eigenvalue weighted by atomic mass is 35.5. The van der Waals surface area contributed by atoms with Crippen molar-refractivity contribution < 1.29 is 35.9 Å². The van der Waals surface area contributed by atoms with E-state index >= 15 is 0 Å². The van der Waals surface area contributed by atoms with E-state index in [0.717, 1.165) is 0 Å². The van der Waals surface area contributed by atoms with Crippen LogP contribution in [0.5, 0.6) is 0 Å². The molecule has 2 aromatic rings. The molecule has 0 spiro atoms. The minimum atomic E-state index is -5.70. The van der Waals surface area contributed by atoms with Gasteiger partial charge < -0.3 is 4.74 Å². The van der Waals surface area contributed by atoms with Crippen molar-refractivity contribution in [2.75, 3.05) is 0 Å². The van der Waals surface area contributed by atoms with Crippen LogP contribution >= 0.6 is 12.4 Å². The molecule has 0 aromatic heterocycles. The summed E-state index contributed by atoms with van der Waals surface area (Å²) in [6.45, 7) is 0.927. The Kier molecular flexibility index (Phi) is 9.17. The summed E-state index contributed by atoms with van der Waals surface area (Å²) in [5.74, 6) is -5.54. The molecule has 0 aliphatic carbocycles. The third kappa shape index (κ3) is 7.21. The van der Waals surface area contributed by atoms with Crippen LogP contribution in [0, 0.1) is 5.92 Å². The van der Waals surface area contributed by atoms with E-state index in [2.05, 4.69) is 5.32 Å². The highest BCUT2D eigenvalue weighted by Crippen LogP contribution is 2.42. The average molecular weight is 456 g/mol. The maximum atomic E-state index is 13.3. The second kappa shape index (κ2) is 10.7. The van der Waals surface area contributed by atoms with E-state index in [1.807, 2.05) is 0 Å². The number of carbonyl (C=O) groups is 1. The summed E-state index contributed by atoms with van der Waals surface area (Å²) >= 11 is 0. The Hall–Kier alpha value is -2.26. The first kappa shape index (κ1) is 25.8. The van der Waals surface area contributed by atoms with Gasteiger partial charge in [0.15, 0.2) is 5.92 Å². The number of halogens is 7. The number of nitrogens with one attached hydrogen (secondary N) is 1. The van der Waals surface area contributed by atoms with Crippen molar-refractivity contribution in [1.82, 2.24) is 5.32 Å². The molecule has 0 saturated heterocycles. The number of hydrogen-bond donors (Lipinski definition) is 1. The molecule has 0 radical (unpaired) electrons. The molecule has 10 heteroatoms. The lowest BCUT2D eigenvalue weighted by Crippen LogP contribution is -2.55. The van der Waals surface area contributed by atoms with Gasteiger partial charge in [0.1, 0.15) is 12.6 Å². The first-order chi connectivity index (χ1) is 13.5. The molecule has 0 aliphatic heterocycles. The Balaban J connectivity index is 0.00000450. The lowest BCUT2D eigenvalue weighted by atomic mass is 9.96. The van der Waals surface area contributed by atoms with Crippen molar-refractivity contribution in [2.24, 2.45) is 5.92 Å². The van der Waals surface area contributed by atoms with Crippen LogP contribution in [0.4, 0.5) is 26.3 Å². The number of esters is 1. The SMILES string of the molecule is C[C@H](N[C@H](C(=O)OCc1ccccc1)C(C(F)(F)F)C(F)(F)F)c1ccccc1.Cl. The number of benzene rings is 2. The smallest absolute Gasteiger partial charge is 0.402 e. The van der Waals surface area contributed by atoms with Crippen LogP contribution in [0.15, 0.2) is 60.7 Å². The zero-order valence-electron chi connectivity index (χ0n) is 15.7. The van der Waals surface area contributed by atoms with Gasteiger partial charge in [-0.1, -0.05) is 60.7 Å². The van der Waals surface area contributed by atoms with Crippen molar-refractivity contribution in [2.45, 2.75) is 38.0 Å². The van der Waals surface area contributed by atoms with Gasteiger partial charge in [0, 0.05) is 6.04 Å². The summed E-state index contributed by atoms with van der Waals surface area (Å²) in [7, 11) is 0. The van der Waals surface area contributed by atoms with Crippen molar-refractivity contribution in [1.29, 1.82) is 0 Å². The van der Waals surface area contributed by atoms with Crippen molar-refractivity contribution in [3.63, 3.8) is 0 Å². The van der Waals surface area contributed by atoms with Crippen molar-refractivity contribution >= 4 is 18.4 Å². The van der Waals surface area contributed by atoms with Gasteiger partial charge in [-0.05, 0) is 18.1 Å². The maximum absolute atomic E-state index is 13.3. The highest BCUT2D eigenvalue weighted by molar-refractivity contribution is 5.85. The predicted molar refractivity (Wildman–Crippen MR) is 101 cm³/mol. The molecule has 0 bridgehead atoms. The topological polar surface area (TPSA) is 38.3 Å². The molecule has 2 atom stereocenters. The Morgan fingerprint density at radius 1 is 0.900 bits per heavy atom. The molecule has 2 rings (SSSR count). The van der Waals surface area contributed by atoms with Crippen LogP contribution in [-0.4, -0.2) is 24.4 Å². The summed E-state index contributed by atoms with van der Waals surface area (Å²) in [4.78, 5) is 12.3. The maximum Gasteiger partial charge on any atom is 0.402 e. The van der Waals surface area contributed by atoms with Crippen LogP contribution in [0.25, 0.3) is 0 Å². The largest absolute Gasteiger partial charge is 0.460 e. The molecule has 0 fully saturated rings. The monoisotopic (exact) mass is 455 g/mol. The van der Waals surface area contributed by atoms with Crippen LogP contribution in [0.2, 0.25) is 0 Å². The number of hydrogen-bond acceptors (Lipinski definition) is 3. The van der Waals surface area contributed by atoms with E-state index in [-0.39, 0.29) is 12.4 Å². The fraction of sp³-hybridized carbons (Fsp3) is 0.350. The molecule has 0 unspecified atom stereocenters. The van der Waals surface area contributed by atoms with Gasteiger partial charge in [0.25, 0.3) is 0 Å². The van der Waals surface area contributed by atoms with E-state index in [1.165, 1.54) is 31.2 Å². The Morgan fingerprint density at radius 3 is 1.83 bits per heavy atom. The quantitative estimate of drug-likeness (QED) is 0.435. The Bertz CT molecular complexity index is 769. The van der Waals surface area contributed by atoms with Gasteiger partial charge in [-0.25, -0.2) is 0 Å². The molecule has 0 heterocycles. The molecule has 0 amide bonds. The third-order valence-corrected chi connectivity index (χ3v) is 4.25. The zero-order valence-corrected chi connectivity index (χ0v) is 16.5. The molecule has 0 saturated carbocycles. The second-order valence-corrected chi connectivity index (χ2v) is 6.43. The van der Waals surface area contributed by atoms with E-state index in [9.17, 15) is 31.1 Å². The molecule has 0 aliphatic rings. The second-order valence-electron chi connectivity index (χ2n) is 6.43. The van der Waals surface area contributed by atoms with Crippen molar-refractivity contribution in [3.8, 4) is 0 Å². The number of carbonyl (C=O) groups excluding carboxylic acids is 1. The zero-order chi connectivity index (χ0) is 21.7. The number of alkyl halides is 6. The Morgan fingerprint density at radius 2 is 1.37 bits per heavy atom. The third-order valence-electron chi connectivity index (χ3n) is 4.25. The summed E-state index contributed by atoms with van der Waals surface area (Å²) in [5.41, 5.74) is 0.864. The van der Waals surface area contributed by atoms with Gasteiger partial charge in [-0.2, -0.15) is 26.3 Å². The number of rotatable bonds is 7. The van der Waals surface area contributed by atoms with Gasteiger partial charge in [0.2, 0.25) is 0 Å². The molecule has 30 heavy (non-hydrogen) atoms. The van der Waals surface area contributed by atoms with E-state index < -0.39 is 42.9 Å². The van der Waals surface area contributed by atoms with Gasteiger partial charge in [-0.3, -0.25) is 10.1 Å². The molecule has 1 N–H and O–H groups in total. The summed E-state index contributed by atoms with van der Waals surface area (Å²) in [6.07, 6.45) is -11.4. The van der Waals surface area contributed by atoms with Crippen LogP contribution in [0.1, 0.15) is 24.1 Å². The van der Waals surface area contributed by atoms with E-state index in [4.69, 9.17) is 4.74 Å². The van der Waals surface area contributed by atoms with E-state index in [0.29, 0.717) is 11.1 Å². The van der Waals surface area contributed by atoms with Gasteiger partial charge >= 0.3 is 18.3 Å². The lowest BCUT2D eigenvalue weighted by molar-refractivity contribution is -0.292. The van der Waals surface area contributed by atoms with Crippen LogP contribution < -0.4 is 5.32 Å². The molecular weight excluding hydrogens is 436 g/mol.